The third-order valence-corrected chi connectivity index (χ3v) is 4.38. The highest BCUT2D eigenvalue weighted by Crippen LogP contribution is 2.23. The fourth-order valence-electron chi connectivity index (χ4n) is 1.88. The lowest BCUT2D eigenvalue weighted by atomic mass is 9.90. The van der Waals surface area contributed by atoms with E-state index in [0.717, 1.165) is 5.56 Å². The molecule has 1 N–H and O–H groups in total. The summed E-state index contributed by atoms with van der Waals surface area (Å²) in [4.78, 5) is 13.9. The summed E-state index contributed by atoms with van der Waals surface area (Å²) in [5.41, 5.74) is 0.109. The molecule has 0 aromatic heterocycles. The summed E-state index contributed by atoms with van der Waals surface area (Å²) in [5.74, 6) is -0.151. The Kier molecular flexibility index (Phi) is 6.67. The lowest BCUT2D eigenvalue weighted by Gasteiger charge is -2.28. The summed E-state index contributed by atoms with van der Waals surface area (Å²) in [6.07, 6.45) is 0. The second-order valence-electron chi connectivity index (χ2n) is 5.94. The number of hydrogen-bond acceptors (Lipinski definition) is 3. The van der Waals surface area contributed by atoms with Crippen LogP contribution in [0.25, 0.3) is 0 Å². The first-order chi connectivity index (χ1) is 10.2. The van der Waals surface area contributed by atoms with E-state index in [-0.39, 0.29) is 18.4 Å². The minimum Gasteiger partial charge on any atom is -0.337 e. The second kappa shape index (κ2) is 7.82. The van der Waals surface area contributed by atoms with Crippen molar-refractivity contribution in [1.29, 1.82) is 5.26 Å². The van der Waals surface area contributed by atoms with E-state index in [9.17, 15) is 10.1 Å². The molecule has 6 heteroatoms. The van der Waals surface area contributed by atoms with Crippen LogP contribution in [0, 0.1) is 17.2 Å². The van der Waals surface area contributed by atoms with E-state index < -0.39 is 5.54 Å². The summed E-state index contributed by atoms with van der Waals surface area (Å²) in [5, 5.41) is 13.0. The van der Waals surface area contributed by atoms with Crippen molar-refractivity contribution in [3.05, 3.63) is 33.8 Å². The Bertz CT molecular complexity index is 583. The molecule has 0 saturated carbocycles. The second-order valence-corrected chi connectivity index (χ2v) is 6.75. The van der Waals surface area contributed by atoms with Crippen molar-refractivity contribution in [2.75, 3.05) is 13.6 Å². The van der Waals surface area contributed by atoms with E-state index in [0.29, 0.717) is 16.6 Å². The SMILES string of the molecule is CC(C)[C@](C)(C#N)NC(=O)CN(C)Cc1ccc(Cl)c(Cl)c1. The number of halogens is 2. The van der Waals surface area contributed by atoms with Gasteiger partial charge in [-0.15, -0.1) is 0 Å². The molecule has 1 atom stereocenters. The number of nitriles is 1. The van der Waals surface area contributed by atoms with Gasteiger partial charge in [0.05, 0.1) is 22.7 Å². The number of carbonyl (C=O) groups is 1. The Morgan fingerprint density at radius 2 is 2.05 bits per heavy atom. The molecule has 120 valence electrons. The van der Waals surface area contributed by atoms with Crippen LogP contribution < -0.4 is 5.32 Å². The first-order valence-electron chi connectivity index (χ1n) is 7.02. The Labute approximate surface area is 142 Å². The van der Waals surface area contributed by atoms with E-state index in [1.807, 2.05) is 31.9 Å². The van der Waals surface area contributed by atoms with Crippen LogP contribution in [0.3, 0.4) is 0 Å². The van der Waals surface area contributed by atoms with Gasteiger partial charge in [-0.2, -0.15) is 5.26 Å². The number of nitrogens with one attached hydrogen (secondary N) is 1. The fourth-order valence-corrected chi connectivity index (χ4v) is 2.20. The molecular formula is C16H21Cl2N3O. The topological polar surface area (TPSA) is 56.1 Å². The molecule has 1 rings (SSSR count). The van der Waals surface area contributed by atoms with Crippen molar-refractivity contribution in [1.82, 2.24) is 10.2 Å². The molecular weight excluding hydrogens is 321 g/mol. The van der Waals surface area contributed by atoms with Gasteiger partial charge >= 0.3 is 0 Å². The molecule has 4 nitrogen and oxygen atoms in total. The number of carbonyl (C=O) groups excluding carboxylic acids is 1. The maximum Gasteiger partial charge on any atom is 0.235 e. The van der Waals surface area contributed by atoms with Crippen LogP contribution in [0.4, 0.5) is 0 Å². The smallest absolute Gasteiger partial charge is 0.235 e. The largest absolute Gasteiger partial charge is 0.337 e. The van der Waals surface area contributed by atoms with Crippen LogP contribution in [0.15, 0.2) is 18.2 Å². The maximum absolute atomic E-state index is 12.1. The fraction of sp³-hybridized carbons (Fsp3) is 0.500. The Balaban J connectivity index is 2.61. The van der Waals surface area contributed by atoms with Crippen molar-refractivity contribution >= 4 is 29.1 Å². The minimum absolute atomic E-state index is 0.0295. The monoisotopic (exact) mass is 341 g/mol. The van der Waals surface area contributed by atoms with Gasteiger partial charge in [0, 0.05) is 6.54 Å². The van der Waals surface area contributed by atoms with Gasteiger partial charge in [0.1, 0.15) is 5.54 Å². The molecule has 22 heavy (non-hydrogen) atoms. The number of likely N-dealkylation sites (N-methyl/N-ethyl adjacent to an activating group) is 1. The van der Waals surface area contributed by atoms with Gasteiger partial charge in [0.25, 0.3) is 0 Å². The number of amides is 1. The van der Waals surface area contributed by atoms with Crippen LogP contribution in [0.5, 0.6) is 0 Å². The van der Waals surface area contributed by atoms with Gasteiger partial charge in [-0.25, -0.2) is 0 Å². The van der Waals surface area contributed by atoms with Crippen molar-refractivity contribution in [3.63, 3.8) is 0 Å². The van der Waals surface area contributed by atoms with Crippen LogP contribution in [0.1, 0.15) is 26.3 Å². The van der Waals surface area contributed by atoms with Crippen molar-refractivity contribution in [2.24, 2.45) is 5.92 Å². The number of benzene rings is 1. The van der Waals surface area contributed by atoms with Crippen molar-refractivity contribution in [2.45, 2.75) is 32.9 Å². The highest BCUT2D eigenvalue weighted by Gasteiger charge is 2.30. The van der Waals surface area contributed by atoms with E-state index in [1.165, 1.54) is 0 Å². The van der Waals surface area contributed by atoms with Gasteiger partial charge in [0.15, 0.2) is 0 Å². The molecule has 0 unspecified atom stereocenters. The maximum atomic E-state index is 12.1. The van der Waals surface area contributed by atoms with Crippen LogP contribution in [-0.2, 0) is 11.3 Å². The van der Waals surface area contributed by atoms with Crippen molar-refractivity contribution in [3.8, 4) is 6.07 Å². The molecule has 0 spiro atoms. The molecule has 0 heterocycles. The average molecular weight is 342 g/mol. The molecule has 0 saturated heterocycles. The lowest BCUT2D eigenvalue weighted by molar-refractivity contribution is -0.123. The summed E-state index contributed by atoms with van der Waals surface area (Å²) in [6, 6.07) is 7.55. The number of rotatable bonds is 6. The number of nitrogens with zero attached hydrogens (tertiary/aromatic N) is 2. The molecule has 0 fully saturated rings. The zero-order valence-corrected chi connectivity index (χ0v) is 14.8. The molecule has 1 aromatic rings. The van der Waals surface area contributed by atoms with Gasteiger partial charge < -0.3 is 5.32 Å². The van der Waals surface area contributed by atoms with Crippen LogP contribution in [-0.4, -0.2) is 29.9 Å². The van der Waals surface area contributed by atoms with Gasteiger partial charge in [-0.05, 0) is 37.6 Å². The Hall–Kier alpha value is -1.28. The first-order valence-corrected chi connectivity index (χ1v) is 7.78. The Morgan fingerprint density at radius 1 is 1.41 bits per heavy atom. The molecule has 0 aliphatic rings. The van der Waals surface area contributed by atoms with Crippen LogP contribution >= 0.6 is 23.2 Å². The van der Waals surface area contributed by atoms with Gasteiger partial charge in [-0.3, -0.25) is 9.69 Å². The minimum atomic E-state index is -0.860. The zero-order valence-electron chi connectivity index (χ0n) is 13.3. The highest BCUT2D eigenvalue weighted by molar-refractivity contribution is 6.42. The van der Waals surface area contributed by atoms with Crippen LogP contribution in [0.2, 0.25) is 10.0 Å². The average Bonchev–Trinajstić information content (AvgIpc) is 2.42. The normalized spacial score (nSPS) is 13.8. The summed E-state index contributed by atoms with van der Waals surface area (Å²) >= 11 is 11.9. The van der Waals surface area contributed by atoms with E-state index >= 15 is 0 Å². The lowest BCUT2D eigenvalue weighted by Crippen LogP contribution is -2.51. The molecule has 0 radical (unpaired) electrons. The van der Waals surface area contributed by atoms with Crippen molar-refractivity contribution < 1.29 is 4.79 Å². The summed E-state index contributed by atoms with van der Waals surface area (Å²) < 4.78 is 0. The van der Waals surface area contributed by atoms with E-state index in [1.54, 1.807) is 19.1 Å². The molecule has 0 aliphatic heterocycles. The predicted octanol–water partition coefficient (Wildman–Crippen LogP) is 3.48. The number of hydrogen-bond donors (Lipinski definition) is 1. The molecule has 1 amide bonds. The standard InChI is InChI=1S/C16H21Cl2N3O/c1-11(2)16(3,10-19)20-15(22)9-21(4)8-12-5-6-13(17)14(18)7-12/h5-7,11H,8-9H2,1-4H3,(H,20,22)/t16-/m0/s1. The Morgan fingerprint density at radius 3 is 2.55 bits per heavy atom. The summed E-state index contributed by atoms with van der Waals surface area (Å²) in [6.45, 7) is 6.31. The van der Waals surface area contributed by atoms with E-state index in [2.05, 4.69) is 11.4 Å². The molecule has 1 aromatic carbocycles. The van der Waals surface area contributed by atoms with Gasteiger partial charge in [0.2, 0.25) is 5.91 Å². The quantitative estimate of drug-likeness (QED) is 0.861. The first kappa shape index (κ1) is 18.8. The van der Waals surface area contributed by atoms with Gasteiger partial charge in [-0.1, -0.05) is 43.1 Å². The van der Waals surface area contributed by atoms with E-state index in [4.69, 9.17) is 23.2 Å². The molecule has 0 bridgehead atoms. The summed E-state index contributed by atoms with van der Waals surface area (Å²) in [7, 11) is 1.83. The highest BCUT2D eigenvalue weighted by atomic mass is 35.5. The predicted molar refractivity (Wildman–Crippen MR) is 89.8 cm³/mol. The molecule has 0 aliphatic carbocycles. The third-order valence-electron chi connectivity index (χ3n) is 3.64. The zero-order chi connectivity index (χ0) is 16.9. The third kappa shape index (κ3) is 5.17.